The topological polar surface area (TPSA) is 98.5 Å². The molecule has 2 N–H and O–H groups in total. The third-order valence-electron chi connectivity index (χ3n) is 7.90. The maximum absolute atomic E-state index is 10.6. The Bertz CT molecular complexity index is 742. The quantitative estimate of drug-likeness (QED) is 0.434. The average molecular weight is 343 g/mol. The summed E-state index contributed by atoms with van der Waals surface area (Å²) in [7, 11) is 0. The van der Waals surface area contributed by atoms with Crippen LogP contribution in [0.2, 0.25) is 0 Å². The van der Waals surface area contributed by atoms with E-state index in [1.54, 1.807) is 0 Å². The predicted octanol–water partition coefficient (Wildman–Crippen LogP) is 3.16. The Morgan fingerprint density at radius 2 is 2.16 bits per heavy atom. The number of aliphatic hydroxyl groups is 2. The number of hydrogen-bond acceptors (Lipinski definition) is 4. The van der Waals surface area contributed by atoms with Crippen molar-refractivity contribution in [3.63, 3.8) is 0 Å². The zero-order valence-corrected chi connectivity index (χ0v) is 14.6. The summed E-state index contributed by atoms with van der Waals surface area (Å²) in [5, 5.41) is 24.8. The Kier molecular flexibility index (Phi) is 3.11. The maximum Gasteiger partial charge on any atom is 0.0975 e. The Morgan fingerprint density at radius 3 is 2.96 bits per heavy atom. The Hall–Kier alpha value is -1.33. The molecule has 0 amide bonds. The molecule has 3 fully saturated rings. The van der Waals surface area contributed by atoms with Gasteiger partial charge < -0.3 is 14.9 Å². The van der Waals surface area contributed by atoms with Gasteiger partial charge in [0.1, 0.15) is 0 Å². The summed E-state index contributed by atoms with van der Waals surface area (Å²) in [5.74, 6) is 0.331. The van der Waals surface area contributed by atoms with Gasteiger partial charge in [0.05, 0.1) is 29.5 Å². The molecule has 134 valence electrons. The zero-order chi connectivity index (χ0) is 17.4. The van der Waals surface area contributed by atoms with E-state index >= 15 is 0 Å². The van der Waals surface area contributed by atoms with E-state index in [2.05, 4.69) is 29.1 Å². The number of nitrogens with zero attached hydrogens (tertiary/aromatic N) is 3. The molecule has 3 aliphatic carbocycles. The predicted molar refractivity (Wildman–Crippen MR) is 91.6 cm³/mol. The number of fused-ring (bicyclic) bond motifs is 1. The summed E-state index contributed by atoms with van der Waals surface area (Å²) in [6, 6.07) is -0.424. The Labute approximate surface area is 147 Å². The van der Waals surface area contributed by atoms with Crippen molar-refractivity contribution in [2.45, 2.75) is 81.3 Å². The first-order valence-electron chi connectivity index (χ1n) is 9.46. The van der Waals surface area contributed by atoms with Crippen molar-refractivity contribution in [2.24, 2.45) is 16.4 Å². The van der Waals surface area contributed by atoms with E-state index in [-0.39, 0.29) is 17.1 Å². The average Bonchev–Trinajstić information content (AvgIpc) is 3.06. The summed E-state index contributed by atoms with van der Waals surface area (Å²) in [6.45, 7) is 2.21. The second-order valence-electron chi connectivity index (χ2n) is 8.92. The van der Waals surface area contributed by atoms with E-state index in [4.69, 9.17) is 10.3 Å². The lowest BCUT2D eigenvalue weighted by Crippen LogP contribution is -2.56. The summed E-state index contributed by atoms with van der Waals surface area (Å²) in [6.07, 6.45) is 9.29. The number of azide groups is 1. The van der Waals surface area contributed by atoms with Crippen molar-refractivity contribution in [1.29, 1.82) is 0 Å². The van der Waals surface area contributed by atoms with Crippen LogP contribution in [0.4, 0.5) is 0 Å². The van der Waals surface area contributed by atoms with Gasteiger partial charge in [0, 0.05) is 16.2 Å². The van der Waals surface area contributed by atoms with Crippen molar-refractivity contribution in [3.8, 4) is 0 Å². The van der Waals surface area contributed by atoms with Crippen molar-refractivity contribution < 1.29 is 14.9 Å². The molecule has 0 aromatic rings. The highest BCUT2D eigenvalue weighted by molar-refractivity contribution is 5.47. The molecule has 25 heavy (non-hydrogen) atoms. The first-order valence-corrected chi connectivity index (χ1v) is 9.46. The normalized spacial score (nSPS) is 53.1. The fourth-order valence-corrected chi connectivity index (χ4v) is 6.52. The van der Waals surface area contributed by atoms with Crippen molar-refractivity contribution in [3.05, 3.63) is 33.7 Å². The molecular formula is C19H25N3O3. The second kappa shape index (κ2) is 4.89. The summed E-state index contributed by atoms with van der Waals surface area (Å²) in [4.78, 5) is 2.93. The van der Waals surface area contributed by atoms with Crippen LogP contribution in [0, 0.1) is 11.3 Å². The first-order chi connectivity index (χ1) is 11.9. The maximum atomic E-state index is 10.6. The van der Waals surface area contributed by atoms with Crippen LogP contribution in [0.25, 0.3) is 10.4 Å². The molecule has 0 aromatic heterocycles. The molecule has 2 spiro atoms. The van der Waals surface area contributed by atoms with Gasteiger partial charge in [-0.2, -0.15) is 0 Å². The van der Waals surface area contributed by atoms with Gasteiger partial charge >= 0.3 is 0 Å². The molecule has 6 heteroatoms. The van der Waals surface area contributed by atoms with Crippen LogP contribution in [0.15, 0.2) is 28.4 Å². The zero-order valence-electron chi connectivity index (χ0n) is 14.6. The Morgan fingerprint density at radius 1 is 1.32 bits per heavy atom. The first kappa shape index (κ1) is 15.9. The molecule has 5 aliphatic rings. The van der Waals surface area contributed by atoms with Gasteiger partial charge in [-0.3, -0.25) is 0 Å². The van der Waals surface area contributed by atoms with Crippen molar-refractivity contribution >= 4 is 0 Å². The molecule has 0 aromatic carbocycles. The molecule has 7 atom stereocenters. The van der Waals surface area contributed by atoms with Crippen LogP contribution >= 0.6 is 0 Å². The van der Waals surface area contributed by atoms with E-state index in [1.807, 2.05) is 0 Å². The van der Waals surface area contributed by atoms with Crippen LogP contribution in [0.5, 0.6) is 0 Å². The summed E-state index contributed by atoms with van der Waals surface area (Å²) < 4.78 is 6.89. The lowest BCUT2D eigenvalue weighted by Gasteiger charge is -2.54. The number of aliphatic hydroxyl groups excluding tert-OH is 2. The van der Waals surface area contributed by atoms with Crippen LogP contribution in [-0.2, 0) is 4.74 Å². The molecule has 1 saturated heterocycles. The molecule has 2 saturated carbocycles. The number of rotatable bonds is 1. The van der Waals surface area contributed by atoms with E-state index in [0.717, 1.165) is 37.7 Å². The third kappa shape index (κ3) is 1.83. The van der Waals surface area contributed by atoms with Crippen LogP contribution in [0.1, 0.15) is 51.9 Å². The molecule has 2 heterocycles. The molecule has 0 radical (unpaired) electrons. The van der Waals surface area contributed by atoms with Gasteiger partial charge in [0.15, 0.2) is 0 Å². The van der Waals surface area contributed by atoms with E-state index < -0.39 is 17.7 Å². The minimum atomic E-state index is -0.632. The van der Waals surface area contributed by atoms with Crippen LogP contribution in [-0.4, -0.2) is 39.7 Å². The van der Waals surface area contributed by atoms with Gasteiger partial charge in [-0.05, 0) is 61.6 Å². The largest absolute Gasteiger partial charge is 0.393 e. The van der Waals surface area contributed by atoms with Gasteiger partial charge in [-0.25, -0.2) is 0 Å². The van der Waals surface area contributed by atoms with Crippen LogP contribution < -0.4 is 0 Å². The third-order valence-corrected chi connectivity index (χ3v) is 7.90. The Balaban J connectivity index is 1.60. The summed E-state index contributed by atoms with van der Waals surface area (Å²) >= 11 is 0. The molecule has 2 bridgehead atoms. The lowest BCUT2D eigenvalue weighted by molar-refractivity contribution is -0.148. The smallest absolute Gasteiger partial charge is 0.0975 e. The second-order valence-corrected chi connectivity index (χ2v) is 8.92. The molecule has 2 unspecified atom stereocenters. The van der Waals surface area contributed by atoms with Gasteiger partial charge in [0.2, 0.25) is 0 Å². The molecule has 2 aliphatic heterocycles. The fourth-order valence-electron chi connectivity index (χ4n) is 6.52. The SMILES string of the molecule is C[C@]12CC=C3C=C4C[C@H](O)C(N=[N+]=[N-])C[C@]45CC[C@]3(O5)C1CC[C@@H]2O. The molecular weight excluding hydrogens is 318 g/mol. The van der Waals surface area contributed by atoms with Crippen molar-refractivity contribution in [1.82, 2.24) is 0 Å². The minimum Gasteiger partial charge on any atom is -0.393 e. The molecule has 6 nitrogen and oxygen atoms in total. The van der Waals surface area contributed by atoms with Crippen LogP contribution in [0.3, 0.4) is 0 Å². The van der Waals surface area contributed by atoms with Gasteiger partial charge in [0.25, 0.3) is 0 Å². The fraction of sp³-hybridized carbons (Fsp3) is 0.789. The highest BCUT2D eigenvalue weighted by atomic mass is 16.5. The monoisotopic (exact) mass is 343 g/mol. The number of ether oxygens (including phenoxy) is 1. The van der Waals surface area contributed by atoms with E-state index in [9.17, 15) is 10.2 Å². The van der Waals surface area contributed by atoms with E-state index in [0.29, 0.717) is 18.8 Å². The number of hydrogen-bond donors (Lipinski definition) is 2. The van der Waals surface area contributed by atoms with Crippen molar-refractivity contribution in [2.75, 3.05) is 0 Å². The number of allylic oxidation sites excluding steroid dienone is 1. The standard InChI is InChI=1S/C19H25N3O3/c1-17-5-4-11-8-12-9-14(23)13(21-22-20)10-18(12)6-7-19(11,25-18)15(17)2-3-16(17)24/h4,8,13-16,23-24H,2-3,5-7,9-10H2,1H3/t13?,14-,15?,16-,17-,18+,19+/m0/s1. The lowest BCUT2D eigenvalue weighted by atomic mass is 9.60. The highest BCUT2D eigenvalue weighted by Gasteiger charge is 2.66. The summed E-state index contributed by atoms with van der Waals surface area (Å²) in [5.41, 5.74) is 10.4. The van der Waals surface area contributed by atoms with E-state index in [1.165, 1.54) is 5.57 Å². The van der Waals surface area contributed by atoms with Gasteiger partial charge in [-0.1, -0.05) is 24.2 Å². The van der Waals surface area contributed by atoms with Gasteiger partial charge in [-0.15, -0.1) is 0 Å². The molecule has 5 rings (SSSR count). The minimum absolute atomic E-state index is 0.112. The highest BCUT2D eigenvalue weighted by Crippen LogP contribution is 2.66.